The van der Waals surface area contributed by atoms with Gasteiger partial charge in [0.25, 0.3) is 5.91 Å². The molecule has 0 aliphatic heterocycles. The number of rotatable bonds is 6. The first-order valence-electron chi connectivity index (χ1n) is 6.76. The number of anilines is 1. The van der Waals surface area contributed by atoms with Crippen molar-refractivity contribution in [3.05, 3.63) is 64.9 Å². The third kappa shape index (κ3) is 4.72. The highest BCUT2D eigenvalue weighted by Gasteiger charge is 2.12. The number of halogens is 2. The summed E-state index contributed by atoms with van der Waals surface area (Å²) in [6, 6.07) is 12.7. The fraction of sp³-hybridized carbons (Fsp3) is 0.188. The number of carbonyl (C=O) groups is 1. The molecular weight excluding hydrogens is 307 g/mol. The molecule has 0 saturated heterocycles. The Hall–Kier alpha value is -2.11. The van der Waals surface area contributed by atoms with Crippen LogP contribution in [-0.4, -0.2) is 30.2 Å². The third-order valence-electron chi connectivity index (χ3n) is 3.00. The zero-order valence-electron chi connectivity index (χ0n) is 11.7. The lowest BCUT2D eigenvalue weighted by atomic mass is 10.2. The van der Waals surface area contributed by atoms with Crippen molar-refractivity contribution in [1.29, 1.82) is 0 Å². The van der Waals surface area contributed by atoms with Crippen LogP contribution in [0.15, 0.2) is 48.5 Å². The fourth-order valence-corrected chi connectivity index (χ4v) is 1.95. The SMILES string of the molecule is O=C(NC[C@H](O)CNc1ccc(Cl)cc1)c1ccccc1F. The molecule has 0 heterocycles. The van der Waals surface area contributed by atoms with Crippen LogP contribution in [0.1, 0.15) is 10.4 Å². The predicted molar refractivity (Wildman–Crippen MR) is 84.7 cm³/mol. The maximum absolute atomic E-state index is 13.4. The van der Waals surface area contributed by atoms with Crippen LogP contribution in [0.4, 0.5) is 10.1 Å². The van der Waals surface area contributed by atoms with Gasteiger partial charge in [0.05, 0.1) is 11.7 Å². The summed E-state index contributed by atoms with van der Waals surface area (Å²) in [5, 5.41) is 16.0. The highest BCUT2D eigenvalue weighted by Crippen LogP contribution is 2.13. The quantitative estimate of drug-likeness (QED) is 0.766. The maximum Gasteiger partial charge on any atom is 0.254 e. The third-order valence-corrected chi connectivity index (χ3v) is 3.25. The van der Waals surface area contributed by atoms with Crippen molar-refractivity contribution < 1.29 is 14.3 Å². The second-order valence-corrected chi connectivity index (χ2v) is 5.17. The number of hydrogen-bond acceptors (Lipinski definition) is 3. The number of carbonyl (C=O) groups excluding carboxylic acids is 1. The minimum atomic E-state index is -0.800. The van der Waals surface area contributed by atoms with E-state index in [9.17, 15) is 14.3 Å². The molecule has 0 unspecified atom stereocenters. The van der Waals surface area contributed by atoms with Gasteiger partial charge in [-0.2, -0.15) is 0 Å². The van der Waals surface area contributed by atoms with Crippen molar-refractivity contribution in [2.45, 2.75) is 6.10 Å². The van der Waals surface area contributed by atoms with E-state index in [1.807, 2.05) is 0 Å². The smallest absolute Gasteiger partial charge is 0.254 e. The molecule has 0 aromatic heterocycles. The van der Waals surface area contributed by atoms with E-state index in [-0.39, 0.29) is 18.7 Å². The zero-order valence-corrected chi connectivity index (χ0v) is 12.5. The van der Waals surface area contributed by atoms with Gasteiger partial charge in [0, 0.05) is 23.8 Å². The molecule has 0 bridgehead atoms. The van der Waals surface area contributed by atoms with Gasteiger partial charge in [-0.25, -0.2) is 4.39 Å². The van der Waals surface area contributed by atoms with E-state index >= 15 is 0 Å². The maximum atomic E-state index is 13.4. The van der Waals surface area contributed by atoms with Crippen molar-refractivity contribution in [2.24, 2.45) is 0 Å². The molecule has 3 N–H and O–H groups in total. The Morgan fingerprint density at radius 2 is 1.82 bits per heavy atom. The second-order valence-electron chi connectivity index (χ2n) is 4.73. The Morgan fingerprint density at radius 3 is 2.50 bits per heavy atom. The van der Waals surface area contributed by atoms with Crippen molar-refractivity contribution in [1.82, 2.24) is 5.32 Å². The van der Waals surface area contributed by atoms with E-state index in [0.29, 0.717) is 5.02 Å². The second kappa shape index (κ2) is 7.77. The molecule has 0 aliphatic rings. The Morgan fingerprint density at radius 1 is 1.14 bits per heavy atom. The Balaban J connectivity index is 1.78. The first kappa shape index (κ1) is 16.3. The van der Waals surface area contributed by atoms with Crippen molar-refractivity contribution in [3.8, 4) is 0 Å². The molecule has 1 amide bonds. The van der Waals surface area contributed by atoms with Gasteiger partial charge in [0.15, 0.2) is 0 Å². The van der Waals surface area contributed by atoms with E-state index < -0.39 is 17.8 Å². The molecular formula is C16H16ClFN2O2. The minimum Gasteiger partial charge on any atom is -0.389 e. The van der Waals surface area contributed by atoms with E-state index in [2.05, 4.69) is 10.6 Å². The Bertz CT molecular complexity index is 634. The number of nitrogens with one attached hydrogen (secondary N) is 2. The molecule has 2 aromatic carbocycles. The highest BCUT2D eigenvalue weighted by atomic mass is 35.5. The lowest BCUT2D eigenvalue weighted by Crippen LogP contribution is -2.36. The molecule has 0 saturated carbocycles. The summed E-state index contributed by atoms with van der Waals surface area (Å²) in [6.07, 6.45) is -0.800. The van der Waals surface area contributed by atoms with Crippen LogP contribution in [0.2, 0.25) is 5.02 Å². The van der Waals surface area contributed by atoms with Gasteiger partial charge in [-0.15, -0.1) is 0 Å². The largest absolute Gasteiger partial charge is 0.389 e. The first-order chi connectivity index (χ1) is 10.6. The lowest BCUT2D eigenvalue weighted by Gasteiger charge is -2.14. The van der Waals surface area contributed by atoms with Crippen LogP contribution in [0.25, 0.3) is 0 Å². The first-order valence-corrected chi connectivity index (χ1v) is 7.14. The van der Waals surface area contributed by atoms with Gasteiger partial charge in [-0.05, 0) is 36.4 Å². The summed E-state index contributed by atoms with van der Waals surface area (Å²) in [5.41, 5.74) is 0.768. The Labute approximate surface area is 132 Å². The van der Waals surface area contributed by atoms with Crippen molar-refractivity contribution >= 4 is 23.2 Å². The molecule has 4 nitrogen and oxygen atoms in total. The zero-order chi connectivity index (χ0) is 15.9. The fourth-order valence-electron chi connectivity index (χ4n) is 1.83. The summed E-state index contributed by atoms with van der Waals surface area (Å²) >= 11 is 5.77. The van der Waals surface area contributed by atoms with Crippen LogP contribution in [-0.2, 0) is 0 Å². The van der Waals surface area contributed by atoms with Gasteiger partial charge < -0.3 is 15.7 Å². The normalized spacial score (nSPS) is 11.8. The number of aliphatic hydroxyl groups excluding tert-OH is 1. The molecule has 1 atom stereocenters. The molecule has 2 rings (SSSR count). The number of hydrogen-bond donors (Lipinski definition) is 3. The van der Waals surface area contributed by atoms with Gasteiger partial charge >= 0.3 is 0 Å². The van der Waals surface area contributed by atoms with Gasteiger partial charge in [0.1, 0.15) is 5.82 Å². The minimum absolute atomic E-state index is 0.0216. The van der Waals surface area contributed by atoms with E-state index in [0.717, 1.165) is 5.69 Å². The predicted octanol–water partition coefficient (Wildman–Crippen LogP) is 2.68. The van der Waals surface area contributed by atoms with Crippen molar-refractivity contribution in [3.63, 3.8) is 0 Å². The number of amides is 1. The molecule has 22 heavy (non-hydrogen) atoms. The van der Waals surface area contributed by atoms with Crippen LogP contribution in [0.5, 0.6) is 0 Å². The summed E-state index contributed by atoms with van der Waals surface area (Å²) in [6.45, 7) is 0.271. The van der Waals surface area contributed by atoms with E-state index in [1.54, 1.807) is 30.3 Å². The average Bonchev–Trinajstić information content (AvgIpc) is 2.52. The molecule has 0 radical (unpaired) electrons. The molecule has 0 fully saturated rings. The van der Waals surface area contributed by atoms with Crippen LogP contribution in [0.3, 0.4) is 0 Å². The van der Waals surface area contributed by atoms with Crippen LogP contribution in [0, 0.1) is 5.82 Å². The van der Waals surface area contributed by atoms with E-state index in [1.165, 1.54) is 18.2 Å². The summed E-state index contributed by atoms with van der Waals surface area (Å²) in [7, 11) is 0. The van der Waals surface area contributed by atoms with Crippen molar-refractivity contribution in [2.75, 3.05) is 18.4 Å². The van der Waals surface area contributed by atoms with Gasteiger partial charge in [0.2, 0.25) is 0 Å². The highest BCUT2D eigenvalue weighted by molar-refractivity contribution is 6.30. The summed E-state index contributed by atoms with van der Waals surface area (Å²) < 4.78 is 13.4. The lowest BCUT2D eigenvalue weighted by molar-refractivity contribution is 0.0918. The van der Waals surface area contributed by atoms with Gasteiger partial charge in [-0.3, -0.25) is 4.79 Å². The molecule has 116 valence electrons. The molecule has 2 aromatic rings. The molecule has 0 spiro atoms. The topological polar surface area (TPSA) is 61.4 Å². The van der Waals surface area contributed by atoms with E-state index in [4.69, 9.17) is 11.6 Å². The number of benzene rings is 2. The monoisotopic (exact) mass is 322 g/mol. The molecule has 0 aliphatic carbocycles. The standard InChI is InChI=1S/C16H16ClFN2O2/c17-11-5-7-12(8-6-11)19-9-13(21)10-20-16(22)14-3-1-2-4-15(14)18/h1-8,13,19,21H,9-10H2,(H,20,22)/t13-/m1/s1. The van der Waals surface area contributed by atoms with Crippen LogP contribution < -0.4 is 10.6 Å². The molecule has 6 heteroatoms. The summed E-state index contributed by atoms with van der Waals surface area (Å²) in [4.78, 5) is 11.8. The van der Waals surface area contributed by atoms with Crippen LogP contribution >= 0.6 is 11.6 Å². The summed E-state index contributed by atoms with van der Waals surface area (Å²) in [5.74, 6) is -1.14. The Kier molecular flexibility index (Phi) is 5.75. The average molecular weight is 323 g/mol. The van der Waals surface area contributed by atoms with Gasteiger partial charge in [-0.1, -0.05) is 23.7 Å². The number of aliphatic hydroxyl groups is 1.